The van der Waals surface area contributed by atoms with E-state index in [0.29, 0.717) is 11.5 Å². The molecule has 4 amide bonds. The van der Waals surface area contributed by atoms with Gasteiger partial charge in [-0.05, 0) is 13.8 Å². The molecular weight excluding hydrogens is 214 g/mol. The number of hydrogen-bond acceptors (Lipinski definition) is 5. The molecule has 2 rings (SSSR count). The summed E-state index contributed by atoms with van der Waals surface area (Å²) < 4.78 is 5.21. The number of amides is 4. The largest absolute Gasteiger partial charge is 0.444 e. The van der Waals surface area contributed by atoms with Gasteiger partial charge in [-0.1, -0.05) is 0 Å². The summed E-state index contributed by atoms with van der Waals surface area (Å²) in [6, 6.07) is -0.747. The van der Waals surface area contributed by atoms with Crippen LogP contribution >= 0.6 is 0 Å². The van der Waals surface area contributed by atoms with Gasteiger partial charge in [0.2, 0.25) is 5.89 Å². The fourth-order valence-electron chi connectivity index (χ4n) is 1.32. The van der Waals surface area contributed by atoms with Gasteiger partial charge in [-0.25, -0.2) is 14.7 Å². The first kappa shape index (κ1) is 10.3. The normalized spacial score (nSPS) is 15.9. The maximum Gasteiger partial charge on any atom is 0.332 e. The average molecular weight is 223 g/mol. The second-order valence-electron chi connectivity index (χ2n) is 3.40. The molecule has 1 N–H and O–H groups in total. The van der Waals surface area contributed by atoms with Gasteiger partial charge in [0, 0.05) is 0 Å². The van der Waals surface area contributed by atoms with Crippen LogP contribution in [-0.4, -0.2) is 27.7 Å². The zero-order chi connectivity index (χ0) is 11.9. The van der Waals surface area contributed by atoms with Crippen LogP contribution in [0.5, 0.6) is 0 Å². The van der Waals surface area contributed by atoms with E-state index in [9.17, 15) is 14.4 Å². The maximum absolute atomic E-state index is 11.2. The van der Waals surface area contributed by atoms with E-state index < -0.39 is 17.8 Å². The summed E-state index contributed by atoms with van der Waals surface area (Å²) in [7, 11) is 0. The lowest BCUT2D eigenvalue weighted by molar-refractivity contribution is -0.140. The molecule has 0 spiro atoms. The summed E-state index contributed by atoms with van der Waals surface area (Å²) in [5, 5.41) is 1.89. The van der Waals surface area contributed by atoms with Crippen molar-refractivity contribution in [2.45, 2.75) is 20.4 Å². The summed E-state index contributed by atoms with van der Waals surface area (Å²) in [6.45, 7) is 3.34. The maximum atomic E-state index is 11.2. The lowest BCUT2D eigenvalue weighted by Gasteiger charge is -2.07. The molecule has 1 aromatic rings. The number of aromatic nitrogens is 1. The Kier molecular flexibility index (Phi) is 2.22. The van der Waals surface area contributed by atoms with Crippen LogP contribution in [0.3, 0.4) is 0 Å². The van der Waals surface area contributed by atoms with Crippen molar-refractivity contribution in [1.82, 2.24) is 15.2 Å². The van der Waals surface area contributed by atoms with Crippen LogP contribution in [0.2, 0.25) is 0 Å². The number of carbonyl (C=O) groups excluding carboxylic acids is 3. The fraction of sp³-hybridized carbons (Fsp3) is 0.333. The fourth-order valence-corrected chi connectivity index (χ4v) is 1.32. The van der Waals surface area contributed by atoms with Gasteiger partial charge in [-0.2, -0.15) is 0 Å². The first-order chi connectivity index (χ1) is 7.49. The molecule has 1 saturated heterocycles. The van der Waals surface area contributed by atoms with E-state index in [1.807, 2.05) is 5.32 Å². The third kappa shape index (κ3) is 1.56. The number of carbonyl (C=O) groups is 3. The summed E-state index contributed by atoms with van der Waals surface area (Å²) in [5.41, 5.74) is 0.688. The van der Waals surface area contributed by atoms with E-state index in [0.717, 1.165) is 4.90 Å². The van der Waals surface area contributed by atoms with Crippen molar-refractivity contribution in [1.29, 1.82) is 0 Å². The monoisotopic (exact) mass is 223 g/mol. The Balaban J connectivity index is 2.19. The van der Waals surface area contributed by atoms with Gasteiger partial charge in [0.15, 0.2) is 0 Å². The molecule has 16 heavy (non-hydrogen) atoms. The molecule has 0 bridgehead atoms. The Labute approximate surface area is 90.4 Å². The average Bonchev–Trinajstić information content (AvgIpc) is 2.63. The number of oxazole rings is 1. The van der Waals surface area contributed by atoms with Crippen LogP contribution in [0.1, 0.15) is 17.3 Å². The zero-order valence-corrected chi connectivity index (χ0v) is 8.73. The Morgan fingerprint density at radius 2 is 2.00 bits per heavy atom. The van der Waals surface area contributed by atoms with Gasteiger partial charge in [-0.15, -0.1) is 0 Å². The predicted octanol–water partition coefficient (Wildman–Crippen LogP) is -0.130. The third-order valence-corrected chi connectivity index (χ3v) is 2.27. The summed E-state index contributed by atoms with van der Waals surface area (Å²) in [6.07, 6.45) is 0. The molecule has 2 heterocycles. The summed E-state index contributed by atoms with van der Waals surface area (Å²) >= 11 is 0. The van der Waals surface area contributed by atoms with Gasteiger partial charge < -0.3 is 4.42 Å². The molecule has 0 aliphatic carbocycles. The highest BCUT2D eigenvalue weighted by atomic mass is 16.4. The molecule has 1 aliphatic heterocycles. The number of rotatable bonds is 2. The molecule has 7 heteroatoms. The van der Waals surface area contributed by atoms with E-state index in [4.69, 9.17) is 4.42 Å². The van der Waals surface area contributed by atoms with Crippen LogP contribution in [0.4, 0.5) is 4.79 Å². The van der Waals surface area contributed by atoms with Crippen molar-refractivity contribution in [2.75, 3.05) is 0 Å². The quantitative estimate of drug-likeness (QED) is 0.556. The zero-order valence-electron chi connectivity index (χ0n) is 8.73. The molecule has 0 radical (unpaired) electrons. The Hall–Kier alpha value is -2.18. The molecule has 1 aliphatic rings. The first-order valence-electron chi connectivity index (χ1n) is 4.58. The standard InChI is InChI=1S/C9H9N3O4/c1-4-5(2)16-6(10-4)3-12-8(14)7(13)11-9(12)15/h3H2,1-2H3,(H,11,13,15). The number of aryl methyl sites for hydroxylation is 2. The van der Waals surface area contributed by atoms with Crippen molar-refractivity contribution < 1.29 is 18.8 Å². The third-order valence-electron chi connectivity index (χ3n) is 2.27. The molecule has 0 atom stereocenters. The molecule has 1 fully saturated rings. The molecule has 7 nitrogen and oxygen atoms in total. The van der Waals surface area contributed by atoms with E-state index in [1.165, 1.54) is 0 Å². The minimum atomic E-state index is -0.926. The number of nitrogens with one attached hydrogen (secondary N) is 1. The minimum Gasteiger partial charge on any atom is -0.444 e. The minimum absolute atomic E-state index is 0.134. The summed E-state index contributed by atoms with van der Waals surface area (Å²) in [4.78, 5) is 38.1. The van der Waals surface area contributed by atoms with Gasteiger partial charge >= 0.3 is 17.8 Å². The summed E-state index contributed by atoms with van der Waals surface area (Å²) in [5.74, 6) is -0.968. The van der Waals surface area contributed by atoms with Crippen molar-refractivity contribution in [2.24, 2.45) is 0 Å². The van der Waals surface area contributed by atoms with Crippen molar-refractivity contribution in [3.05, 3.63) is 17.3 Å². The second-order valence-corrected chi connectivity index (χ2v) is 3.40. The Bertz CT molecular complexity index is 471. The van der Waals surface area contributed by atoms with Gasteiger partial charge in [-0.3, -0.25) is 14.9 Å². The SMILES string of the molecule is Cc1nc(CN2C(=O)NC(=O)C2=O)oc1C. The van der Waals surface area contributed by atoms with Crippen LogP contribution in [0.15, 0.2) is 4.42 Å². The van der Waals surface area contributed by atoms with Crippen LogP contribution < -0.4 is 5.32 Å². The molecular formula is C9H9N3O4. The van der Waals surface area contributed by atoms with Gasteiger partial charge in [0.25, 0.3) is 0 Å². The smallest absolute Gasteiger partial charge is 0.332 e. The highest BCUT2D eigenvalue weighted by Crippen LogP contribution is 2.12. The molecule has 0 saturated carbocycles. The number of hydrogen-bond donors (Lipinski definition) is 1. The lowest BCUT2D eigenvalue weighted by Crippen LogP contribution is -2.30. The Morgan fingerprint density at radius 1 is 1.31 bits per heavy atom. The first-order valence-corrected chi connectivity index (χ1v) is 4.58. The highest BCUT2D eigenvalue weighted by Gasteiger charge is 2.37. The molecule has 1 aromatic heterocycles. The molecule has 0 aromatic carbocycles. The van der Waals surface area contributed by atoms with E-state index in [-0.39, 0.29) is 12.4 Å². The molecule has 84 valence electrons. The van der Waals surface area contributed by atoms with Crippen molar-refractivity contribution >= 4 is 17.8 Å². The number of nitrogens with zero attached hydrogens (tertiary/aromatic N) is 2. The van der Waals surface area contributed by atoms with Crippen molar-refractivity contribution in [3.8, 4) is 0 Å². The molecule has 0 unspecified atom stereocenters. The number of urea groups is 1. The topological polar surface area (TPSA) is 92.5 Å². The van der Waals surface area contributed by atoms with Crippen LogP contribution in [0, 0.1) is 13.8 Å². The lowest BCUT2D eigenvalue weighted by atomic mass is 10.4. The second kappa shape index (κ2) is 3.44. The van der Waals surface area contributed by atoms with E-state index >= 15 is 0 Å². The highest BCUT2D eigenvalue weighted by molar-refractivity contribution is 6.44. The number of imide groups is 2. The van der Waals surface area contributed by atoms with Crippen LogP contribution in [0.25, 0.3) is 0 Å². The van der Waals surface area contributed by atoms with E-state index in [1.54, 1.807) is 13.8 Å². The van der Waals surface area contributed by atoms with Gasteiger partial charge in [0.1, 0.15) is 12.3 Å². The van der Waals surface area contributed by atoms with Crippen molar-refractivity contribution in [3.63, 3.8) is 0 Å². The van der Waals surface area contributed by atoms with E-state index in [2.05, 4.69) is 4.98 Å². The van der Waals surface area contributed by atoms with Gasteiger partial charge in [0.05, 0.1) is 5.69 Å². The predicted molar refractivity (Wildman–Crippen MR) is 50.1 cm³/mol. The van der Waals surface area contributed by atoms with Crippen LogP contribution in [-0.2, 0) is 16.1 Å². The Morgan fingerprint density at radius 3 is 2.44 bits per heavy atom.